The van der Waals surface area contributed by atoms with E-state index in [4.69, 9.17) is 11.5 Å². The topological polar surface area (TPSA) is 80.7 Å². The number of rotatable bonds is 2. The van der Waals surface area contributed by atoms with E-state index >= 15 is 0 Å². The Morgan fingerprint density at radius 2 is 2.06 bits per heavy atom. The van der Waals surface area contributed by atoms with Crippen molar-refractivity contribution in [1.29, 1.82) is 0 Å². The van der Waals surface area contributed by atoms with E-state index in [1.54, 1.807) is 0 Å². The first-order valence-corrected chi connectivity index (χ1v) is 5.24. The molecule has 2 aromatic rings. The van der Waals surface area contributed by atoms with Crippen LogP contribution in [0.4, 0.5) is 5.95 Å². The molecule has 0 spiro atoms. The Morgan fingerprint density at radius 1 is 1.31 bits per heavy atom. The lowest BCUT2D eigenvalue weighted by molar-refractivity contribution is 1.05. The van der Waals surface area contributed by atoms with E-state index in [1.165, 1.54) is 5.56 Å². The molecule has 0 aliphatic carbocycles. The van der Waals surface area contributed by atoms with Gasteiger partial charge in [0.25, 0.3) is 0 Å². The van der Waals surface area contributed by atoms with Crippen LogP contribution in [0.3, 0.4) is 0 Å². The third-order valence-corrected chi connectivity index (χ3v) is 2.75. The Bertz CT molecular complexity index is 514. The summed E-state index contributed by atoms with van der Waals surface area (Å²) in [6.07, 6.45) is 0. The van der Waals surface area contributed by atoms with Gasteiger partial charge >= 0.3 is 0 Å². The number of hydrogen-bond donors (Lipinski definition) is 3. The normalized spacial score (nSPS) is 10.7. The molecular weight excluding hydrogens is 200 g/mol. The quantitative estimate of drug-likeness (QED) is 0.715. The van der Waals surface area contributed by atoms with Crippen molar-refractivity contribution in [3.05, 3.63) is 35.0 Å². The van der Waals surface area contributed by atoms with Gasteiger partial charge in [0.1, 0.15) is 0 Å². The molecule has 2 rings (SSSR count). The summed E-state index contributed by atoms with van der Waals surface area (Å²) in [5, 5.41) is 0. The van der Waals surface area contributed by atoms with E-state index in [1.807, 2.05) is 13.0 Å². The number of aromatic nitrogens is 2. The summed E-state index contributed by atoms with van der Waals surface area (Å²) in [5.41, 5.74) is 16.6. The molecule has 5 N–H and O–H groups in total. The van der Waals surface area contributed by atoms with Crippen LogP contribution in [0.5, 0.6) is 0 Å². The van der Waals surface area contributed by atoms with Crippen molar-refractivity contribution in [2.24, 2.45) is 5.73 Å². The summed E-state index contributed by atoms with van der Waals surface area (Å²) >= 11 is 0. The Hall–Kier alpha value is -1.81. The Labute approximate surface area is 94.7 Å². The fourth-order valence-electron chi connectivity index (χ4n) is 1.80. The lowest BCUT2D eigenvalue weighted by atomic mass is 10.0. The number of nitrogens with zero attached hydrogens (tertiary/aromatic N) is 1. The molecule has 0 atom stereocenters. The molecule has 0 amide bonds. The summed E-state index contributed by atoms with van der Waals surface area (Å²) in [7, 11) is 0. The van der Waals surface area contributed by atoms with E-state index < -0.39 is 0 Å². The zero-order chi connectivity index (χ0) is 11.7. The maximum absolute atomic E-state index is 5.69. The molecule has 4 nitrogen and oxygen atoms in total. The molecule has 1 aromatic carbocycles. The monoisotopic (exact) mass is 216 g/mol. The van der Waals surface area contributed by atoms with Gasteiger partial charge in [0, 0.05) is 17.8 Å². The van der Waals surface area contributed by atoms with E-state index in [0.717, 1.165) is 22.5 Å². The molecule has 4 heteroatoms. The van der Waals surface area contributed by atoms with E-state index in [0.29, 0.717) is 12.5 Å². The van der Waals surface area contributed by atoms with E-state index in [-0.39, 0.29) is 0 Å². The molecule has 0 radical (unpaired) electrons. The molecular formula is C12H16N4. The molecule has 0 saturated heterocycles. The first-order valence-electron chi connectivity index (χ1n) is 5.24. The fourth-order valence-corrected chi connectivity index (χ4v) is 1.80. The number of H-pyrrole nitrogens is 1. The number of anilines is 1. The number of nitrogens with one attached hydrogen (secondary N) is 1. The molecule has 0 aliphatic rings. The van der Waals surface area contributed by atoms with Crippen molar-refractivity contribution in [3.63, 3.8) is 0 Å². The maximum atomic E-state index is 5.69. The lowest BCUT2D eigenvalue weighted by Crippen LogP contribution is -1.99. The maximum Gasteiger partial charge on any atom is 0.198 e. The van der Waals surface area contributed by atoms with Gasteiger partial charge in [-0.15, -0.1) is 0 Å². The van der Waals surface area contributed by atoms with Crippen molar-refractivity contribution < 1.29 is 0 Å². The second kappa shape index (κ2) is 3.98. The number of hydrogen-bond acceptors (Lipinski definition) is 3. The molecule has 16 heavy (non-hydrogen) atoms. The third kappa shape index (κ3) is 1.79. The van der Waals surface area contributed by atoms with Crippen molar-refractivity contribution in [2.75, 3.05) is 5.73 Å². The van der Waals surface area contributed by atoms with Gasteiger partial charge in [0.15, 0.2) is 5.95 Å². The number of aromatic amines is 1. The predicted octanol–water partition coefficient (Wildman–Crippen LogP) is 1.73. The minimum Gasteiger partial charge on any atom is -0.369 e. The summed E-state index contributed by atoms with van der Waals surface area (Å²) < 4.78 is 0. The molecule has 1 heterocycles. The van der Waals surface area contributed by atoms with Crippen LogP contribution in [0, 0.1) is 13.8 Å². The van der Waals surface area contributed by atoms with Crippen molar-refractivity contribution >= 4 is 5.95 Å². The second-order valence-corrected chi connectivity index (χ2v) is 3.94. The van der Waals surface area contributed by atoms with Crippen molar-refractivity contribution in [1.82, 2.24) is 9.97 Å². The van der Waals surface area contributed by atoms with Crippen LogP contribution in [-0.4, -0.2) is 9.97 Å². The highest BCUT2D eigenvalue weighted by Crippen LogP contribution is 2.24. The number of benzene rings is 1. The minimum absolute atomic E-state index is 0.447. The van der Waals surface area contributed by atoms with Gasteiger partial charge in [-0.1, -0.05) is 12.1 Å². The molecule has 0 bridgehead atoms. The highest BCUT2D eigenvalue weighted by molar-refractivity contribution is 5.65. The summed E-state index contributed by atoms with van der Waals surface area (Å²) in [4.78, 5) is 7.26. The summed E-state index contributed by atoms with van der Waals surface area (Å²) in [6.45, 7) is 4.55. The average Bonchev–Trinajstić information content (AvgIpc) is 2.59. The second-order valence-electron chi connectivity index (χ2n) is 3.94. The molecule has 1 aromatic heterocycles. The number of nitrogen functional groups attached to an aromatic ring is 1. The van der Waals surface area contributed by atoms with Crippen LogP contribution >= 0.6 is 0 Å². The van der Waals surface area contributed by atoms with Gasteiger partial charge in [0.2, 0.25) is 0 Å². The van der Waals surface area contributed by atoms with Crippen LogP contribution in [0.25, 0.3) is 11.3 Å². The zero-order valence-corrected chi connectivity index (χ0v) is 9.54. The Kier molecular flexibility index (Phi) is 2.66. The molecule has 84 valence electrons. The first kappa shape index (κ1) is 10.7. The minimum atomic E-state index is 0.447. The third-order valence-electron chi connectivity index (χ3n) is 2.75. The molecule has 0 fully saturated rings. The van der Waals surface area contributed by atoms with Crippen LogP contribution in [0.15, 0.2) is 18.2 Å². The van der Waals surface area contributed by atoms with Gasteiger partial charge in [-0.2, -0.15) is 0 Å². The van der Waals surface area contributed by atoms with Gasteiger partial charge in [-0.25, -0.2) is 4.98 Å². The van der Waals surface area contributed by atoms with Crippen LogP contribution in [0.1, 0.15) is 16.8 Å². The van der Waals surface area contributed by atoms with Crippen LogP contribution < -0.4 is 11.5 Å². The van der Waals surface area contributed by atoms with Gasteiger partial charge in [0.05, 0.1) is 5.69 Å². The van der Waals surface area contributed by atoms with E-state index in [9.17, 15) is 0 Å². The zero-order valence-electron chi connectivity index (χ0n) is 9.54. The molecule has 0 saturated carbocycles. The SMILES string of the molecule is Cc1ccc(-c2nc(N)[nH]c2C)cc1CN. The summed E-state index contributed by atoms with van der Waals surface area (Å²) in [5.74, 6) is 0.447. The van der Waals surface area contributed by atoms with Crippen LogP contribution in [-0.2, 0) is 6.54 Å². The van der Waals surface area contributed by atoms with Crippen LogP contribution in [0.2, 0.25) is 0 Å². The fraction of sp³-hybridized carbons (Fsp3) is 0.250. The highest BCUT2D eigenvalue weighted by Gasteiger charge is 2.08. The van der Waals surface area contributed by atoms with Crippen molar-refractivity contribution in [2.45, 2.75) is 20.4 Å². The van der Waals surface area contributed by atoms with E-state index in [2.05, 4.69) is 29.0 Å². The predicted molar refractivity (Wildman–Crippen MR) is 65.8 cm³/mol. The molecule has 0 unspecified atom stereocenters. The van der Waals surface area contributed by atoms with Gasteiger partial charge in [-0.05, 0) is 31.0 Å². The van der Waals surface area contributed by atoms with Gasteiger partial charge < -0.3 is 16.5 Å². The van der Waals surface area contributed by atoms with Gasteiger partial charge in [-0.3, -0.25) is 0 Å². The van der Waals surface area contributed by atoms with Crippen molar-refractivity contribution in [3.8, 4) is 11.3 Å². The number of nitrogens with two attached hydrogens (primary N) is 2. The average molecular weight is 216 g/mol. The largest absolute Gasteiger partial charge is 0.369 e. The standard InChI is InChI=1S/C12H16N4/c1-7-3-4-9(5-10(7)6-13)11-8(2)15-12(14)16-11/h3-5H,6,13H2,1-2H3,(H3,14,15,16). The Balaban J connectivity index is 2.52. The smallest absolute Gasteiger partial charge is 0.198 e. The number of aryl methyl sites for hydroxylation is 2. The summed E-state index contributed by atoms with van der Waals surface area (Å²) in [6, 6.07) is 6.16. The first-order chi connectivity index (χ1) is 7.61. The molecule has 0 aliphatic heterocycles. The lowest BCUT2D eigenvalue weighted by Gasteiger charge is -2.05. The number of imidazole rings is 1. The highest BCUT2D eigenvalue weighted by atomic mass is 15.0. The Morgan fingerprint density at radius 3 is 2.62 bits per heavy atom.